The second-order valence-electron chi connectivity index (χ2n) is 3.22. The average Bonchev–Trinajstić information content (AvgIpc) is 2.03. The van der Waals surface area contributed by atoms with E-state index in [1.807, 2.05) is 0 Å². The molecule has 12 heavy (non-hydrogen) atoms. The summed E-state index contributed by atoms with van der Waals surface area (Å²) >= 11 is 0. The molecule has 2 fully saturated rings. The van der Waals surface area contributed by atoms with Crippen LogP contribution in [0.2, 0.25) is 0 Å². The monoisotopic (exact) mass is 172 g/mol. The highest BCUT2D eigenvalue weighted by Gasteiger charge is 2.34. The van der Waals surface area contributed by atoms with Crippen molar-refractivity contribution < 1.29 is 14.7 Å². The molecule has 0 unspecified atom stereocenters. The van der Waals surface area contributed by atoms with Gasteiger partial charge in [-0.25, -0.2) is 0 Å². The van der Waals surface area contributed by atoms with Gasteiger partial charge in [0.2, 0.25) is 5.91 Å². The predicted molar refractivity (Wildman–Crippen MR) is 39.6 cm³/mol. The lowest BCUT2D eigenvalue weighted by molar-refractivity contribution is -0.164. The summed E-state index contributed by atoms with van der Waals surface area (Å²) in [6.07, 6.45) is 0.868. The molecular formula is C7H12N2O3. The molecule has 2 atom stereocenters. The fourth-order valence-electron chi connectivity index (χ4n) is 1.68. The summed E-state index contributed by atoms with van der Waals surface area (Å²) < 4.78 is 5.29. The summed E-state index contributed by atoms with van der Waals surface area (Å²) in [5.74, 6) is -0.0912. The molecule has 2 aliphatic heterocycles. The van der Waals surface area contributed by atoms with Crippen LogP contribution in [-0.4, -0.2) is 48.0 Å². The Labute approximate surface area is 70.3 Å². The molecular weight excluding hydrogens is 160 g/mol. The molecule has 0 radical (unpaired) electrons. The number of carbonyl (C=O) groups excluding carboxylic acids is 1. The van der Waals surface area contributed by atoms with E-state index in [-0.39, 0.29) is 24.7 Å². The smallest absolute Gasteiger partial charge is 0.246 e. The number of hydrogen-bond donors (Lipinski definition) is 2. The number of nitrogens with zero attached hydrogens (tertiary/aromatic N) is 1. The molecule has 2 heterocycles. The van der Waals surface area contributed by atoms with E-state index >= 15 is 0 Å². The lowest BCUT2D eigenvalue weighted by atomic mass is 10.0. The van der Waals surface area contributed by atoms with Gasteiger partial charge in [-0.3, -0.25) is 4.79 Å². The maximum atomic E-state index is 10.9. The van der Waals surface area contributed by atoms with E-state index in [1.54, 1.807) is 0 Å². The number of carbonyl (C=O) groups is 1. The van der Waals surface area contributed by atoms with Gasteiger partial charge in [0.25, 0.3) is 0 Å². The zero-order valence-corrected chi connectivity index (χ0v) is 6.69. The van der Waals surface area contributed by atoms with Gasteiger partial charge in [-0.05, 0) is 6.42 Å². The van der Waals surface area contributed by atoms with Gasteiger partial charge in [0.1, 0.15) is 6.61 Å². The first-order chi connectivity index (χ1) is 5.75. The van der Waals surface area contributed by atoms with Crippen molar-refractivity contribution in [1.82, 2.24) is 10.4 Å². The second kappa shape index (κ2) is 3.01. The van der Waals surface area contributed by atoms with E-state index in [0.717, 1.165) is 6.42 Å². The molecule has 2 N–H and O–H groups in total. The Balaban J connectivity index is 1.99. The van der Waals surface area contributed by atoms with Crippen LogP contribution in [0.5, 0.6) is 0 Å². The van der Waals surface area contributed by atoms with Crippen LogP contribution >= 0.6 is 0 Å². The molecule has 2 saturated heterocycles. The summed E-state index contributed by atoms with van der Waals surface area (Å²) in [5, 5.41) is 13.2. The minimum atomic E-state index is -0.0912. The molecule has 0 bridgehead atoms. The highest BCUT2D eigenvalue weighted by Crippen LogP contribution is 2.15. The van der Waals surface area contributed by atoms with Crippen LogP contribution in [0.15, 0.2) is 0 Å². The van der Waals surface area contributed by atoms with Gasteiger partial charge in [0.15, 0.2) is 0 Å². The van der Waals surface area contributed by atoms with Crippen LogP contribution in [0.25, 0.3) is 0 Å². The molecule has 0 aromatic rings. The molecule has 0 aromatic heterocycles. The number of hydroxylamine groups is 2. The minimum Gasteiger partial charge on any atom is -0.366 e. The van der Waals surface area contributed by atoms with Crippen LogP contribution in [0.1, 0.15) is 6.42 Å². The lowest BCUT2D eigenvalue weighted by Gasteiger charge is -2.38. The maximum absolute atomic E-state index is 10.9. The zero-order valence-electron chi connectivity index (χ0n) is 6.69. The fourth-order valence-corrected chi connectivity index (χ4v) is 1.68. The van der Waals surface area contributed by atoms with Gasteiger partial charge in [0.05, 0.1) is 12.1 Å². The number of ether oxygens (including phenoxy) is 1. The first-order valence-corrected chi connectivity index (χ1v) is 4.10. The lowest BCUT2D eigenvalue weighted by Crippen LogP contribution is -2.59. The van der Waals surface area contributed by atoms with Crippen molar-refractivity contribution in [2.45, 2.75) is 18.6 Å². The molecule has 0 aliphatic carbocycles. The van der Waals surface area contributed by atoms with Crippen LogP contribution in [-0.2, 0) is 9.53 Å². The molecule has 0 aromatic carbocycles. The van der Waals surface area contributed by atoms with Crippen molar-refractivity contribution in [3.8, 4) is 0 Å². The third-order valence-electron chi connectivity index (χ3n) is 2.30. The summed E-state index contributed by atoms with van der Waals surface area (Å²) in [6.45, 7) is 1.25. The number of hydrogen-bond acceptors (Lipinski definition) is 4. The van der Waals surface area contributed by atoms with Crippen molar-refractivity contribution in [3.63, 3.8) is 0 Å². The van der Waals surface area contributed by atoms with E-state index in [1.165, 1.54) is 5.06 Å². The summed E-state index contributed by atoms with van der Waals surface area (Å²) in [6, 6.07) is -0.0370. The van der Waals surface area contributed by atoms with Crippen molar-refractivity contribution in [2.24, 2.45) is 0 Å². The first kappa shape index (κ1) is 7.97. The van der Waals surface area contributed by atoms with Crippen LogP contribution in [0, 0.1) is 0 Å². The third kappa shape index (κ3) is 1.43. The average molecular weight is 172 g/mol. The molecule has 1 amide bonds. The maximum Gasteiger partial charge on any atom is 0.246 e. The number of piperidine rings is 1. The highest BCUT2D eigenvalue weighted by molar-refractivity contribution is 5.78. The Hall–Kier alpha value is -0.650. The van der Waals surface area contributed by atoms with Gasteiger partial charge < -0.3 is 15.3 Å². The van der Waals surface area contributed by atoms with Gasteiger partial charge in [-0.2, -0.15) is 5.06 Å². The molecule has 0 saturated carbocycles. The first-order valence-electron chi connectivity index (χ1n) is 4.10. The van der Waals surface area contributed by atoms with Crippen LogP contribution < -0.4 is 5.32 Å². The van der Waals surface area contributed by atoms with Gasteiger partial charge in [-0.15, -0.1) is 0 Å². The van der Waals surface area contributed by atoms with Crippen molar-refractivity contribution in [2.75, 3.05) is 19.7 Å². The second-order valence-corrected chi connectivity index (χ2v) is 3.22. The Kier molecular flexibility index (Phi) is 2.00. The summed E-state index contributed by atoms with van der Waals surface area (Å²) in [5.41, 5.74) is 0. The Morgan fingerprint density at radius 3 is 3.33 bits per heavy atom. The third-order valence-corrected chi connectivity index (χ3v) is 2.30. The van der Waals surface area contributed by atoms with E-state index in [0.29, 0.717) is 13.1 Å². The van der Waals surface area contributed by atoms with Crippen LogP contribution in [0.3, 0.4) is 0 Å². The van der Waals surface area contributed by atoms with E-state index in [4.69, 9.17) is 9.94 Å². The van der Waals surface area contributed by atoms with E-state index < -0.39 is 0 Å². The van der Waals surface area contributed by atoms with Crippen molar-refractivity contribution in [3.05, 3.63) is 0 Å². The van der Waals surface area contributed by atoms with Gasteiger partial charge >= 0.3 is 0 Å². The molecule has 2 aliphatic rings. The van der Waals surface area contributed by atoms with E-state index in [2.05, 4.69) is 5.32 Å². The van der Waals surface area contributed by atoms with E-state index in [9.17, 15) is 4.79 Å². The standard InChI is InChI=1S/C7H12N2O3/c10-7-4-12-6-1-2-9(11)3-5(6)8-7/h5-6,11H,1-4H2,(H,8,10)/t5-,6+/m1/s1. The predicted octanol–water partition coefficient (Wildman–Crippen LogP) is -1.04. The quantitative estimate of drug-likeness (QED) is 0.490. The van der Waals surface area contributed by atoms with Crippen molar-refractivity contribution in [1.29, 1.82) is 0 Å². The largest absolute Gasteiger partial charge is 0.366 e. The summed E-state index contributed by atoms with van der Waals surface area (Å²) in [7, 11) is 0. The topological polar surface area (TPSA) is 61.8 Å². The number of fused-ring (bicyclic) bond motifs is 1. The highest BCUT2D eigenvalue weighted by atomic mass is 16.5. The number of nitrogens with one attached hydrogen (secondary N) is 1. The van der Waals surface area contributed by atoms with Gasteiger partial charge in [-0.1, -0.05) is 0 Å². The summed E-state index contributed by atoms with van der Waals surface area (Å²) in [4.78, 5) is 10.9. The van der Waals surface area contributed by atoms with Crippen LogP contribution in [0.4, 0.5) is 0 Å². The van der Waals surface area contributed by atoms with Crippen molar-refractivity contribution >= 4 is 5.91 Å². The molecule has 5 heteroatoms. The molecule has 2 rings (SSSR count). The Bertz CT molecular complexity index is 197. The fraction of sp³-hybridized carbons (Fsp3) is 0.857. The SMILES string of the molecule is O=C1CO[C@H]2CCN(O)C[C@H]2N1. The molecule has 0 spiro atoms. The minimum absolute atomic E-state index is 0.0370. The Morgan fingerprint density at radius 1 is 1.67 bits per heavy atom. The normalized spacial score (nSPS) is 37.2. The van der Waals surface area contributed by atoms with Gasteiger partial charge in [0, 0.05) is 13.1 Å². The number of rotatable bonds is 0. The zero-order chi connectivity index (χ0) is 8.55. The number of morpholine rings is 1. The molecule has 68 valence electrons. The Morgan fingerprint density at radius 2 is 2.50 bits per heavy atom. The molecule has 5 nitrogen and oxygen atoms in total. The number of amides is 1.